The topological polar surface area (TPSA) is 69.0 Å². The molecule has 1 aromatic carbocycles. The maximum Gasteiger partial charge on any atom is 0.231 e. The average Bonchev–Trinajstić information content (AvgIpc) is 3.38. The van der Waals surface area contributed by atoms with Gasteiger partial charge in [0.2, 0.25) is 5.91 Å². The number of ether oxygens (including phenoxy) is 1. The zero-order chi connectivity index (χ0) is 17.3. The summed E-state index contributed by atoms with van der Waals surface area (Å²) in [6.45, 7) is 1.30. The molecule has 1 amide bonds. The Hall–Kier alpha value is -2.28. The first-order valence-electron chi connectivity index (χ1n) is 8.69. The lowest BCUT2D eigenvalue weighted by Crippen LogP contribution is -2.48. The van der Waals surface area contributed by atoms with Crippen molar-refractivity contribution in [3.63, 3.8) is 0 Å². The summed E-state index contributed by atoms with van der Waals surface area (Å²) in [6, 6.07) is 6.78. The quantitative estimate of drug-likeness (QED) is 0.902. The minimum absolute atomic E-state index is 0.105. The Morgan fingerprint density at radius 1 is 1.36 bits per heavy atom. The predicted molar refractivity (Wildman–Crippen MR) is 88.3 cm³/mol. The van der Waals surface area contributed by atoms with Crippen molar-refractivity contribution < 1.29 is 13.9 Å². The first-order chi connectivity index (χ1) is 12.2. The number of rotatable bonds is 5. The molecule has 0 atom stereocenters. The third kappa shape index (κ3) is 3.16. The first-order valence-corrected chi connectivity index (χ1v) is 8.69. The molecular weight excluding hydrogens is 323 g/mol. The first kappa shape index (κ1) is 16.2. The van der Waals surface area contributed by atoms with Gasteiger partial charge in [-0.2, -0.15) is 0 Å². The summed E-state index contributed by atoms with van der Waals surface area (Å²) >= 11 is 0. The molecule has 0 radical (unpaired) electrons. The van der Waals surface area contributed by atoms with Gasteiger partial charge in [0.05, 0.1) is 12.0 Å². The summed E-state index contributed by atoms with van der Waals surface area (Å²) < 4.78 is 21.2. The molecule has 2 heterocycles. The third-order valence-electron chi connectivity index (χ3n) is 5.15. The van der Waals surface area contributed by atoms with E-state index in [2.05, 4.69) is 15.5 Å². The van der Waals surface area contributed by atoms with E-state index in [9.17, 15) is 9.18 Å². The summed E-state index contributed by atoms with van der Waals surface area (Å²) in [6.07, 6.45) is 5.05. The molecule has 1 aromatic heterocycles. The molecular formula is C18H21FN4O2. The molecule has 0 spiro atoms. The van der Waals surface area contributed by atoms with Crippen molar-refractivity contribution in [2.24, 2.45) is 0 Å². The number of hydrogen-bond donors (Lipinski definition) is 1. The van der Waals surface area contributed by atoms with Crippen LogP contribution in [0.15, 0.2) is 30.6 Å². The summed E-state index contributed by atoms with van der Waals surface area (Å²) in [5.41, 5.74) is -0.0536. The smallest absolute Gasteiger partial charge is 0.231 e. The van der Waals surface area contributed by atoms with Crippen molar-refractivity contribution in [2.45, 2.75) is 43.7 Å². The Morgan fingerprint density at radius 3 is 2.88 bits per heavy atom. The van der Waals surface area contributed by atoms with Crippen molar-refractivity contribution in [2.75, 3.05) is 13.2 Å². The van der Waals surface area contributed by atoms with Gasteiger partial charge in [-0.05, 0) is 43.4 Å². The molecule has 2 fully saturated rings. The average molecular weight is 344 g/mol. The second kappa shape index (κ2) is 6.55. The van der Waals surface area contributed by atoms with Gasteiger partial charge < -0.3 is 14.6 Å². The Labute approximate surface area is 145 Å². The van der Waals surface area contributed by atoms with Gasteiger partial charge in [0.1, 0.15) is 12.1 Å². The Balaban J connectivity index is 1.54. The number of nitrogens with one attached hydrogen (secondary N) is 1. The van der Waals surface area contributed by atoms with E-state index in [1.807, 2.05) is 10.6 Å². The summed E-state index contributed by atoms with van der Waals surface area (Å²) in [5, 5.41) is 11.1. The second-order valence-corrected chi connectivity index (χ2v) is 6.77. The van der Waals surface area contributed by atoms with Crippen LogP contribution in [0.3, 0.4) is 0 Å². The van der Waals surface area contributed by atoms with Gasteiger partial charge in [0.25, 0.3) is 0 Å². The third-order valence-corrected chi connectivity index (χ3v) is 5.15. The Bertz CT molecular complexity index is 766. The highest BCUT2D eigenvalue weighted by Crippen LogP contribution is 2.36. The fourth-order valence-corrected chi connectivity index (χ4v) is 3.53. The zero-order valence-electron chi connectivity index (χ0n) is 13.9. The number of carbonyl (C=O) groups is 1. The van der Waals surface area contributed by atoms with Gasteiger partial charge >= 0.3 is 0 Å². The highest BCUT2D eigenvalue weighted by atomic mass is 19.1. The van der Waals surface area contributed by atoms with Gasteiger partial charge in [-0.3, -0.25) is 4.79 Å². The minimum Gasteiger partial charge on any atom is -0.381 e. The number of aromatic nitrogens is 3. The molecule has 0 unspecified atom stereocenters. The Kier molecular flexibility index (Phi) is 4.25. The highest BCUT2D eigenvalue weighted by Gasteiger charge is 2.42. The minimum atomic E-state index is -0.759. The van der Waals surface area contributed by atoms with Gasteiger partial charge in [-0.15, -0.1) is 10.2 Å². The van der Waals surface area contributed by atoms with Crippen LogP contribution in [0.1, 0.15) is 43.1 Å². The number of halogens is 1. The number of amides is 1. The van der Waals surface area contributed by atoms with E-state index in [1.54, 1.807) is 12.4 Å². The molecule has 1 aliphatic carbocycles. The lowest BCUT2D eigenvalue weighted by molar-refractivity contribution is -0.130. The van der Waals surface area contributed by atoms with Crippen LogP contribution in [0.4, 0.5) is 4.39 Å². The molecule has 1 aliphatic heterocycles. The van der Waals surface area contributed by atoms with E-state index < -0.39 is 5.41 Å². The van der Waals surface area contributed by atoms with E-state index in [0.29, 0.717) is 44.2 Å². The van der Waals surface area contributed by atoms with Crippen molar-refractivity contribution in [3.05, 3.63) is 47.8 Å². The van der Waals surface area contributed by atoms with Crippen LogP contribution in [-0.2, 0) is 21.5 Å². The van der Waals surface area contributed by atoms with Gasteiger partial charge in [-0.1, -0.05) is 12.1 Å². The number of benzene rings is 1. The van der Waals surface area contributed by atoms with Crippen molar-refractivity contribution >= 4 is 5.91 Å². The maximum atomic E-state index is 13.7. The molecule has 2 aliphatic rings. The van der Waals surface area contributed by atoms with Crippen LogP contribution in [0.25, 0.3) is 0 Å². The molecule has 7 heteroatoms. The predicted octanol–water partition coefficient (Wildman–Crippen LogP) is 2.12. The van der Waals surface area contributed by atoms with Gasteiger partial charge in [-0.25, -0.2) is 4.39 Å². The summed E-state index contributed by atoms with van der Waals surface area (Å²) in [5.74, 6) is 0.327. The van der Waals surface area contributed by atoms with Crippen LogP contribution in [-0.4, -0.2) is 33.9 Å². The number of hydrogen-bond acceptors (Lipinski definition) is 4. The summed E-state index contributed by atoms with van der Waals surface area (Å²) in [7, 11) is 0. The molecule has 4 rings (SSSR count). The molecule has 1 saturated carbocycles. The van der Waals surface area contributed by atoms with Crippen molar-refractivity contribution in [1.29, 1.82) is 0 Å². The molecule has 2 aromatic rings. The second-order valence-electron chi connectivity index (χ2n) is 6.77. The normalized spacial score (nSPS) is 19.6. The van der Waals surface area contributed by atoms with E-state index in [4.69, 9.17) is 4.74 Å². The summed E-state index contributed by atoms with van der Waals surface area (Å²) in [4.78, 5) is 13.1. The SMILES string of the molecule is O=C(NCc1nncn1C1CC1)C1(c2cccc(F)c2)CCOCC1. The highest BCUT2D eigenvalue weighted by molar-refractivity contribution is 5.88. The zero-order valence-corrected chi connectivity index (χ0v) is 13.9. The van der Waals surface area contributed by atoms with Gasteiger partial charge in [0.15, 0.2) is 5.82 Å². The number of nitrogens with zero attached hydrogens (tertiary/aromatic N) is 3. The Morgan fingerprint density at radius 2 is 2.16 bits per heavy atom. The standard InChI is InChI=1S/C18H21FN4O2/c19-14-3-1-2-13(10-14)18(6-8-25-9-7-18)17(24)20-11-16-22-21-12-23(16)15-4-5-15/h1-3,10,12,15H,4-9,11H2,(H,20,24). The van der Waals surface area contributed by atoms with E-state index in [1.165, 1.54) is 12.1 Å². The van der Waals surface area contributed by atoms with Crippen LogP contribution in [0, 0.1) is 5.82 Å². The fraction of sp³-hybridized carbons (Fsp3) is 0.500. The monoisotopic (exact) mass is 344 g/mol. The van der Waals surface area contributed by atoms with E-state index in [0.717, 1.165) is 18.7 Å². The van der Waals surface area contributed by atoms with Crippen LogP contribution < -0.4 is 5.32 Å². The maximum absolute atomic E-state index is 13.7. The van der Waals surface area contributed by atoms with Gasteiger partial charge in [0, 0.05) is 19.3 Å². The van der Waals surface area contributed by atoms with Crippen LogP contribution >= 0.6 is 0 Å². The van der Waals surface area contributed by atoms with E-state index >= 15 is 0 Å². The van der Waals surface area contributed by atoms with Crippen molar-refractivity contribution in [3.8, 4) is 0 Å². The molecule has 0 bridgehead atoms. The molecule has 25 heavy (non-hydrogen) atoms. The lowest BCUT2D eigenvalue weighted by Gasteiger charge is -2.36. The lowest BCUT2D eigenvalue weighted by atomic mass is 9.73. The van der Waals surface area contributed by atoms with E-state index in [-0.39, 0.29) is 11.7 Å². The fourth-order valence-electron chi connectivity index (χ4n) is 3.53. The van der Waals surface area contributed by atoms with Crippen LogP contribution in [0.2, 0.25) is 0 Å². The molecule has 1 saturated heterocycles. The van der Waals surface area contributed by atoms with Crippen LogP contribution in [0.5, 0.6) is 0 Å². The number of carbonyl (C=O) groups excluding carboxylic acids is 1. The largest absolute Gasteiger partial charge is 0.381 e. The molecule has 6 nitrogen and oxygen atoms in total. The molecule has 132 valence electrons. The van der Waals surface area contributed by atoms with Crippen molar-refractivity contribution in [1.82, 2.24) is 20.1 Å². The molecule has 1 N–H and O–H groups in total.